The topological polar surface area (TPSA) is 55.6 Å². The SMILES string of the molecule is CCCC1(CCC)OC(=O)N(CCC(C)(C)N)c2ccccc21.Cl. The van der Waals surface area contributed by atoms with Gasteiger partial charge in [0.25, 0.3) is 0 Å². The number of para-hydroxylation sites is 1. The van der Waals surface area contributed by atoms with Crippen LogP contribution in [0.15, 0.2) is 24.3 Å². The van der Waals surface area contributed by atoms with Crippen molar-refractivity contribution in [2.75, 3.05) is 11.4 Å². The number of hydrogen-bond donors (Lipinski definition) is 1. The van der Waals surface area contributed by atoms with Crippen molar-refractivity contribution in [3.05, 3.63) is 29.8 Å². The molecule has 1 aromatic carbocycles. The summed E-state index contributed by atoms with van der Waals surface area (Å²) in [5.74, 6) is 0. The van der Waals surface area contributed by atoms with Crippen molar-refractivity contribution in [2.45, 2.75) is 70.9 Å². The molecule has 2 rings (SSSR count). The minimum atomic E-state index is -0.480. The number of nitrogens with zero attached hydrogens (tertiary/aromatic N) is 1. The molecule has 0 bridgehead atoms. The molecule has 1 aromatic rings. The predicted octanol–water partition coefficient (Wildman–Crippen LogP) is 4.99. The van der Waals surface area contributed by atoms with Gasteiger partial charge in [-0.1, -0.05) is 44.9 Å². The first-order valence-electron chi connectivity index (χ1n) is 8.72. The Morgan fingerprint density at radius 2 is 1.75 bits per heavy atom. The van der Waals surface area contributed by atoms with Crippen molar-refractivity contribution >= 4 is 24.2 Å². The van der Waals surface area contributed by atoms with E-state index in [1.807, 2.05) is 32.0 Å². The molecular formula is C19H31ClN2O2. The highest BCUT2D eigenvalue weighted by atomic mass is 35.5. The number of halogens is 1. The van der Waals surface area contributed by atoms with E-state index in [1.54, 1.807) is 4.90 Å². The third kappa shape index (κ3) is 4.42. The van der Waals surface area contributed by atoms with Gasteiger partial charge >= 0.3 is 6.09 Å². The summed E-state index contributed by atoms with van der Waals surface area (Å²) in [6.45, 7) is 8.81. The molecule has 0 spiro atoms. The van der Waals surface area contributed by atoms with Crippen LogP contribution in [0.2, 0.25) is 0 Å². The number of anilines is 1. The van der Waals surface area contributed by atoms with E-state index >= 15 is 0 Å². The second-order valence-corrected chi connectivity index (χ2v) is 7.27. The van der Waals surface area contributed by atoms with E-state index in [0.717, 1.165) is 43.4 Å². The maximum Gasteiger partial charge on any atom is 0.415 e. The van der Waals surface area contributed by atoms with Crippen LogP contribution in [0.1, 0.15) is 65.4 Å². The van der Waals surface area contributed by atoms with Gasteiger partial charge < -0.3 is 10.5 Å². The number of ether oxygens (including phenoxy) is 1. The number of hydrogen-bond acceptors (Lipinski definition) is 3. The number of carbonyl (C=O) groups excluding carboxylic acids is 1. The van der Waals surface area contributed by atoms with Gasteiger partial charge in [-0.2, -0.15) is 0 Å². The second kappa shape index (κ2) is 8.21. The number of amides is 1. The molecule has 5 heteroatoms. The van der Waals surface area contributed by atoms with Crippen LogP contribution in [-0.4, -0.2) is 18.2 Å². The van der Waals surface area contributed by atoms with Crippen molar-refractivity contribution in [3.63, 3.8) is 0 Å². The van der Waals surface area contributed by atoms with Crippen LogP contribution in [0.25, 0.3) is 0 Å². The van der Waals surface area contributed by atoms with Crippen LogP contribution in [0.5, 0.6) is 0 Å². The van der Waals surface area contributed by atoms with Crippen LogP contribution in [0.4, 0.5) is 10.5 Å². The minimum absolute atomic E-state index is 0. The molecule has 0 unspecified atom stereocenters. The van der Waals surface area contributed by atoms with Gasteiger partial charge in [0.15, 0.2) is 0 Å². The fourth-order valence-corrected chi connectivity index (χ4v) is 3.39. The van der Waals surface area contributed by atoms with Crippen molar-refractivity contribution in [2.24, 2.45) is 5.73 Å². The van der Waals surface area contributed by atoms with E-state index in [4.69, 9.17) is 10.5 Å². The van der Waals surface area contributed by atoms with Gasteiger partial charge in [-0.05, 0) is 39.2 Å². The Bertz CT molecular complexity index is 549. The Balaban J connectivity index is 0.00000288. The molecule has 0 aliphatic carbocycles. The summed E-state index contributed by atoms with van der Waals surface area (Å²) in [6, 6.07) is 8.15. The number of rotatable bonds is 7. The molecule has 0 radical (unpaired) electrons. The van der Waals surface area contributed by atoms with E-state index in [9.17, 15) is 4.79 Å². The molecule has 1 heterocycles. The zero-order chi connectivity index (χ0) is 17.1. The fraction of sp³-hybridized carbons (Fsp3) is 0.632. The Kier molecular flexibility index (Phi) is 7.11. The molecular weight excluding hydrogens is 324 g/mol. The average molecular weight is 355 g/mol. The lowest BCUT2D eigenvalue weighted by molar-refractivity contribution is -0.00970. The first-order valence-corrected chi connectivity index (χ1v) is 8.72. The van der Waals surface area contributed by atoms with Crippen LogP contribution >= 0.6 is 12.4 Å². The van der Waals surface area contributed by atoms with Crippen LogP contribution in [-0.2, 0) is 10.3 Å². The van der Waals surface area contributed by atoms with E-state index in [1.165, 1.54) is 0 Å². The van der Waals surface area contributed by atoms with E-state index < -0.39 is 5.60 Å². The number of nitrogens with two attached hydrogens (primary N) is 1. The number of benzene rings is 1. The number of cyclic esters (lactones) is 1. The largest absolute Gasteiger partial charge is 0.438 e. The lowest BCUT2D eigenvalue weighted by Crippen LogP contribution is -2.48. The highest BCUT2D eigenvalue weighted by Gasteiger charge is 2.43. The number of carbonyl (C=O) groups is 1. The number of fused-ring (bicyclic) bond motifs is 1. The van der Waals surface area contributed by atoms with Crippen molar-refractivity contribution in [3.8, 4) is 0 Å². The molecule has 0 atom stereocenters. The quantitative estimate of drug-likeness (QED) is 0.750. The van der Waals surface area contributed by atoms with E-state index in [0.29, 0.717) is 6.54 Å². The van der Waals surface area contributed by atoms with Crippen molar-refractivity contribution in [1.29, 1.82) is 0 Å². The third-order valence-electron chi connectivity index (χ3n) is 4.48. The molecule has 0 saturated heterocycles. The smallest absolute Gasteiger partial charge is 0.415 e. The molecule has 0 aromatic heterocycles. The van der Waals surface area contributed by atoms with Gasteiger partial charge in [0.05, 0.1) is 5.69 Å². The van der Waals surface area contributed by atoms with Gasteiger partial charge in [-0.3, -0.25) is 4.90 Å². The summed E-state index contributed by atoms with van der Waals surface area (Å²) in [5.41, 5.74) is 7.42. The van der Waals surface area contributed by atoms with Crippen molar-refractivity contribution < 1.29 is 9.53 Å². The predicted molar refractivity (Wildman–Crippen MR) is 102 cm³/mol. The molecule has 24 heavy (non-hydrogen) atoms. The molecule has 1 aliphatic heterocycles. The Morgan fingerprint density at radius 3 is 2.29 bits per heavy atom. The Morgan fingerprint density at radius 1 is 1.17 bits per heavy atom. The highest BCUT2D eigenvalue weighted by Crippen LogP contribution is 2.45. The highest BCUT2D eigenvalue weighted by molar-refractivity contribution is 5.91. The zero-order valence-corrected chi connectivity index (χ0v) is 16.1. The molecule has 0 fully saturated rings. The Labute approximate surface area is 152 Å². The summed E-state index contributed by atoms with van der Waals surface area (Å²) in [4.78, 5) is 14.4. The lowest BCUT2D eigenvalue weighted by atomic mass is 9.82. The molecule has 1 aliphatic rings. The monoisotopic (exact) mass is 354 g/mol. The molecule has 1 amide bonds. The summed E-state index contributed by atoms with van der Waals surface area (Å²) in [6.07, 6.45) is 4.18. The lowest BCUT2D eigenvalue weighted by Gasteiger charge is -2.43. The summed E-state index contributed by atoms with van der Waals surface area (Å²) < 4.78 is 6.01. The zero-order valence-electron chi connectivity index (χ0n) is 15.3. The maximum atomic E-state index is 12.7. The maximum absolute atomic E-state index is 12.7. The van der Waals surface area contributed by atoms with Gasteiger partial charge in [-0.15, -0.1) is 12.4 Å². The summed E-state index contributed by atoms with van der Waals surface area (Å²) in [7, 11) is 0. The molecule has 136 valence electrons. The summed E-state index contributed by atoms with van der Waals surface area (Å²) in [5, 5.41) is 0. The standard InChI is InChI=1S/C19H30N2O2.ClH/c1-5-11-19(12-6-2)15-9-7-8-10-16(15)21(17(22)23-19)14-13-18(3,4)20;/h7-10H,5-6,11-14,20H2,1-4H3;1H. The van der Waals surface area contributed by atoms with Gasteiger partial charge in [0.1, 0.15) is 5.60 Å². The van der Waals surface area contributed by atoms with Crippen LogP contribution < -0.4 is 10.6 Å². The van der Waals surface area contributed by atoms with E-state index in [2.05, 4.69) is 19.9 Å². The van der Waals surface area contributed by atoms with Crippen LogP contribution in [0, 0.1) is 0 Å². The second-order valence-electron chi connectivity index (χ2n) is 7.27. The fourth-order valence-electron chi connectivity index (χ4n) is 3.39. The Hall–Kier alpha value is -1.26. The van der Waals surface area contributed by atoms with Gasteiger partial charge in [-0.25, -0.2) is 4.79 Å². The van der Waals surface area contributed by atoms with Crippen molar-refractivity contribution in [1.82, 2.24) is 0 Å². The van der Waals surface area contributed by atoms with Gasteiger partial charge in [0, 0.05) is 17.6 Å². The normalized spacial score (nSPS) is 16.2. The minimum Gasteiger partial charge on any atom is -0.438 e. The first-order chi connectivity index (χ1) is 10.8. The molecule has 4 nitrogen and oxygen atoms in total. The van der Waals surface area contributed by atoms with E-state index in [-0.39, 0.29) is 24.0 Å². The average Bonchev–Trinajstić information content (AvgIpc) is 2.46. The first kappa shape index (κ1) is 20.8. The van der Waals surface area contributed by atoms with Crippen LogP contribution in [0.3, 0.4) is 0 Å². The molecule has 2 N–H and O–H groups in total. The summed E-state index contributed by atoms with van der Waals surface area (Å²) >= 11 is 0. The third-order valence-corrected chi connectivity index (χ3v) is 4.48. The van der Waals surface area contributed by atoms with Gasteiger partial charge in [0.2, 0.25) is 0 Å². The molecule has 0 saturated carbocycles.